The van der Waals surface area contributed by atoms with Crippen molar-refractivity contribution in [2.75, 3.05) is 14.2 Å². The summed E-state index contributed by atoms with van der Waals surface area (Å²) >= 11 is 0. The predicted octanol–water partition coefficient (Wildman–Crippen LogP) is 3.29. The van der Waals surface area contributed by atoms with E-state index in [-0.39, 0.29) is 31.1 Å². The molecule has 1 heterocycles. The number of ether oxygens (including phenoxy) is 1. The summed E-state index contributed by atoms with van der Waals surface area (Å²) < 4.78 is 45.6. The zero-order valence-electron chi connectivity index (χ0n) is 15.8. The van der Waals surface area contributed by atoms with Gasteiger partial charge >= 0.3 is 12.1 Å². The van der Waals surface area contributed by atoms with E-state index in [1.54, 1.807) is 7.05 Å². The number of carbonyl (C=O) groups is 2. The van der Waals surface area contributed by atoms with Gasteiger partial charge in [-0.3, -0.25) is 9.59 Å². The normalized spacial score (nSPS) is 42.0. The molecule has 8 heteroatoms. The quantitative estimate of drug-likeness (QED) is 0.649. The molecule has 2 aliphatic carbocycles. The number of amides is 1. The minimum absolute atomic E-state index is 0.110. The molecule has 1 saturated heterocycles. The number of alkyl halides is 3. The lowest BCUT2D eigenvalue weighted by Gasteiger charge is -2.63. The number of hydrogen-bond donors (Lipinski definition) is 0. The van der Waals surface area contributed by atoms with Gasteiger partial charge in [-0.1, -0.05) is 6.92 Å². The van der Waals surface area contributed by atoms with Crippen molar-refractivity contribution in [1.82, 2.24) is 4.90 Å². The third-order valence-electron chi connectivity index (χ3n) is 7.69. The van der Waals surface area contributed by atoms with Crippen molar-refractivity contribution in [2.24, 2.45) is 29.1 Å². The summed E-state index contributed by atoms with van der Waals surface area (Å²) in [6.07, 6.45) is -3.02. The maximum absolute atomic E-state index is 13.6. The number of rotatable bonds is 1. The van der Waals surface area contributed by atoms with Gasteiger partial charge in [0.2, 0.25) is 5.91 Å². The van der Waals surface area contributed by atoms with E-state index >= 15 is 0 Å². The van der Waals surface area contributed by atoms with Gasteiger partial charge in [-0.05, 0) is 43.9 Å². The highest BCUT2D eigenvalue weighted by atomic mass is 19.4. The van der Waals surface area contributed by atoms with E-state index in [4.69, 9.17) is 4.74 Å². The molecule has 0 N–H and O–H groups in total. The first-order valence-corrected chi connectivity index (χ1v) is 9.36. The average Bonchev–Trinajstić information content (AvgIpc) is 2.63. The third-order valence-corrected chi connectivity index (χ3v) is 7.69. The summed E-state index contributed by atoms with van der Waals surface area (Å²) in [6, 6.07) is 2.34. The van der Waals surface area contributed by atoms with Crippen LogP contribution in [0.3, 0.4) is 0 Å². The Morgan fingerprint density at radius 1 is 1.30 bits per heavy atom. The van der Waals surface area contributed by atoms with Crippen molar-refractivity contribution in [1.29, 1.82) is 5.26 Å². The number of esters is 1. The average molecular weight is 386 g/mol. The molecule has 0 radical (unpaired) electrons. The summed E-state index contributed by atoms with van der Waals surface area (Å²) in [5, 5.41) is 10.0. The van der Waals surface area contributed by atoms with Crippen molar-refractivity contribution < 1.29 is 27.5 Å². The Balaban J connectivity index is 2.05. The molecular formula is C19H25F3N2O3. The van der Waals surface area contributed by atoms with Gasteiger partial charge < -0.3 is 9.64 Å². The molecular weight excluding hydrogens is 361 g/mol. The standard InChI is InChI=1S/C19H25F3N2O3/c1-17-8-7-14(25)24(2)18(17,10-23)9-6-11-12(17)4-5-13(19(20,21)22)15(11)16(26)27-3/h11-13,15H,4-9H2,1-3H3/t11-,12-,13?,15+,17+,18-/m0/s1. The molecule has 0 bridgehead atoms. The van der Waals surface area contributed by atoms with E-state index < -0.39 is 40.9 Å². The van der Waals surface area contributed by atoms with Crippen LogP contribution in [0.4, 0.5) is 13.2 Å². The van der Waals surface area contributed by atoms with Crippen LogP contribution in [0.5, 0.6) is 0 Å². The van der Waals surface area contributed by atoms with Gasteiger partial charge in [0, 0.05) is 18.9 Å². The molecule has 5 nitrogen and oxygen atoms in total. The highest BCUT2D eigenvalue weighted by molar-refractivity contribution is 5.79. The number of halogens is 3. The molecule has 3 rings (SSSR count). The minimum Gasteiger partial charge on any atom is -0.469 e. The number of likely N-dealkylation sites (tertiary alicyclic amines) is 1. The Labute approximate surface area is 156 Å². The van der Waals surface area contributed by atoms with Crippen LogP contribution in [0, 0.1) is 40.4 Å². The molecule has 2 saturated carbocycles. The number of fused-ring (bicyclic) bond motifs is 3. The van der Waals surface area contributed by atoms with Gasteiger partial charge in [-0.25, -0.2) is 0 Å². The van der Waals surface area contributed by atoms with Gasteiger partial charge in [-0.2, -0.15) is 18.4 Å². The van der Waals surface area contributed by atoms with Crippen LogP contribution in [0.2, 0.25) is 0 Å². The van der Waals surface area contributed by atoms with Crippen LogP contribution < -0.4 is 0 Å². The monoisotopic (exact) mass is 386 g/mol. The van der Waals surface area contributed by atoms with E-state index in [1.807, 2.05) is 6.92 Å². The molecule has 0 aromatic rings. The van der Waals surface area contributed by atoms with E-state index in [2.05, 4.69) is 6.07 Å². The van der Waals surface area contributed by atoms with Crippen LogP contribution in [-0.4, -0.2) is 42.6 Å². The third kappa shape index (κ3) is 2.65. The Hall–Kier alpha value is -1.78. The molecule has 150 valence electrons. The predicted molar refractivity (Wildman–Crippen MR) is 89.0 cm³/mol. The smallest absolute Gasteiger partial charge is 0.392 e. The molecule has 3 fully saturated rings. The van der Waals surface area contributed by atoms with E-state index in [0.717, 1.165) is 7.11 Å². The van der Waals surface area contributed by atoms with Crippen LogP contribution in [0.1, 0.15) is 45.4 Å². The Morgan fingerprint density at radius 2 is 1.96 bits per heavy atom. The van der Waals surface area contributed by atoms with Gasteiger partial charge in [0.15, 0.2) is 0 Å². The maximum Gasteiger partial charge on any atom is 0.392 e. The number of carbonyl (C=O) groups excluding carboxylic acids is 2. The van der Waals surface area contributed by atoms with Gasteiger partial charge in [-0.15, -0.1) is 0 Å². The Kier molecular flexibility index (Phi) is 4.72. The van der Waals surface area contributed by atoms with Crippen molar-refractivity contribution >= 4 is 11.9 Å². The topological polar surface area (TPSA) is 70.4 Å². The molecule has 6 atom stereocenters. The number of nitrogens with zero attached hydrogens (tertiary/aromatic N) is 2. The summed E-state index contributed by atoms with van der Waals surface area (Å²) in [6.45, 7) is 1.91. The summed E-state index contributed by atoms with van der Waals surface area (Å²) in [5.41, 5.74) is -1.68. The fraction of sp³-hybridized carbons (Fsp3) is 0.842. The molecule has 0 aromatic carbocycles. The van der Waals surface area contributed by atoms with Gasteiger partial charge in [0.1, 0.15) is 5.54 Å². The second-order valence-electron chi connectivity index (χ2n) is 8.43. The number of nitriles is 1. The van der Waals surface area contributed by atoms with Crippen LogP contribution in [0.15, 0.2) is 0 Å². The van der Waals surface area contributed by atoms with Crippen LogP contribution in [0.25, 0.3) is 0 Å². The molecule has 0 spiro atoms. The van der Waals surface area contributed by atoms with Gasteiger partial charge in [0.05, 0.1) is 25.0 Å². The lowest BCUT2D eigenvalue weighted by Crippen LogP contribution is -2.69. The zero-order valence-corrected chi connectivity index (χ0v) is 15.8. The number of piperidine rings is 1. The van der Waals surface area contributed by atoms with Crippen molar-refractivity contribution in [3.63, 3.8) is 0 Å². The largest absolute Gasteiger partial charge is 0.469 e. The summed E-state index contributed by atoms with van der Waals surface area (Å²) in [4.78, 5) is 26.1. The highest BCUT2D eigenvalue weighted by Crippen LogP contribution is 2.63. The lowest BCUT2D eigenvalue weighted by atomic mass is 9.45. The first-order valence-electron chi connectivity index (χ1n) is 9.36. The molecule has 1 unspecified atom stereocenters. The fourth-order valence-electron chi connectivity index (χ4n) is 6.23. The molecule has 1 amide bonds. The lowest BCUT2D eigenvalue weighted by molar-refractivity contribution is -0.229. The van der Waals surface area contributed by atoms with Crippen molar-refractivity contribution in [2.45, 2.75) is 57.2 Å². The molecule has 3 aliphatic rings. The van der Waals surface area contributed by atoms with Crippen molar-refractivity contribution in [3.05, 3.63) is 0 Å². The van der Waals surface area contributed by atoms with Crippen LogP contribution in [-0.2, 0) is 14.3 Å². The highest BCUT2D eigenvalue weighted by Gasteiger charge is 2.67. The first-order chi connectivity index (χ1) is 12.5. The second kappa shape index (κ2) is 6.39. The van der Waals surface area contributed by atoms with Gasteiger partial charge in [0.25, 0.3) is 0 Å². The Bertz CT molecular complexity index is 689. The SMILES string of the molecule is COC(=O)[C@H]1C(C(F)(F)F)CC[C@H]2[C@@H]1CC[C@@]1(C#N)N(C)C(=O)CC[C@]21C. The van der Waals surface area contributed by atoms with E-state index in [9.17, 15) is 28.0 Å². The zero-order chi connectivity index (χ0) is 20.2. The van der Waals surface area contributed by atoms with E-state index in [1.165, 1.54) is 4.90 Å². The number of methoxy groups -OCH3 is 1. The molecule has 1 aliphatic heterocycles. The fourth-order valence-corrected chi connectivity index (χ4v) is 6.23. The number of hydrogen-bond acceptors (Lipinski definition) is 4. The summed E-state index contributed by atoms with van der Waals surface area (Å²) in [5.74, 6) is -4.62. The van der Waals surface area contributed by atoms with E-state index in [0.29, 0.717) is 19.3 Å². The Morgan fingerprint density at radius 3 is 2.52 bits per heavy atom. The first kappa shape index (κ1) is 20.0. The molecule has 0 aromatic heterocycles. The second-order valence-corrected chi connectivity index (χ2v) is 8.43. The summed E-state index contributed by atoms with van der Waals surface area (Å²) in [7, 11) is 2.74. The van der Waals surface area contributed by atoms with Crippen molar-refractivity contribution in [3.8, 4) is 6.07 Å². The maximum atomic E-state index is 13.6. The minimum atomic E-state index is -4.46. The van der Waals surface area contributed by atoms with Crippen LogP contribution >= 0.6 is 0 Å². The molecule has 27 heavy (non-hydrogen) atoms.